The Bertz CT molecular complexity index is 650. The number of aryl methyl sites for hydroxylation is 1. The zero-order chi connectivity index (χ0) is 14.4. The molecule has 3 N–H and O–H groups in total. The smallest absolute Gasteiger partial charge is 0.246 e. The van der Waals surface area contributed by atoms with Crippen molar-refractivity contribution >= 4 is 11.6 Å². The predicted molar refractivity (Wildman–Crippen MR) is 78.0 cm³/mol. The molecule has 1 aromatic carbocycles. The van der Waals surface area contributed by atoms with Crippen molar-refractivity contribution in [2.24, 2.45) is 5.73 Å². The van der Waals surface area contributed by atoms with Crippen molar-refractivity contribution in [2.45, 2.75) is 13.5 Å². The molecule has 5 heteroatoms. The van der Waals surface area contributed by atoms with Crippen LogP contribution in [0.3, 0.4) is 0 Å². The van der Waals surface area contributed by atoms with Gasteiger partial charge in [-0.25, -0.2) is 0 Å². The third-order valence-electron chi connectivity index (χ3n) is 2.70. The van der Waals surface area contributed by atoms with Gasteiger partial charge in [-0.05, 0) is 36.8 Å². The molecule has 0 fully saturated rings. The summed E-state index contributed by atoms with van der Waals surface area (Å²) in [5.41, 5.74) is 7.96. The summed E-state index contributed by atoms with van der Waals surface area (Å²) in [6.07, 6.45) is 3.39. The number of hydrogen-bond donors (Lipinski definition) is 2. The fourth-order valence-corrected chi connectivity index (χ4v) is 1.77. The van der Waals surface area contributed by atoms with Crippen LogP contribution in [0.5, 0.6) is 0 Å². The molecule has 5 nitrogen and oxygen atoms in total. The number of hydrogen-bond acceptors (Lipinski definition) is 3. The van der Waals surface area contributed by atoms with Gasteiger partial charge in [-0.2, -0.15) is 5.10 Å². The van der Waals surface area contributed by atoms with Gasteiger partial charge in [-0.15, -0.1) is 0 Å². The van der Waals surface area contributed by atoms with E-state index in [1.54, 1.807) is 23.1 Å². The van der Waals surface area contributed by atoms with Crippen molar-refractivity contribution in [2.75, 3.05) is 11.9 Å². The number of carbonyl (C=O) groups excluding carboxylic acids is 1. The highest BCUT2D eigenvalue weighted by Gasteiger charge is 2.06. The summed E-state index contributed by atoms with van der Waals surface area (Å²) in [4.78, 5) is 11.9. The molecule has 2 rings (SSSR count). The fourth-order valence-electron chi connectivity index (χ4n) is 1.77. The van der Waals surface area contributed by atoms with Gasteiger partial charge in [0.05, 0.1) is 6.54 Å². The number of nitrogens with one attached hydrogen (secondary N) is 1. The van der Waals surface area contributed by atoms with Crippen LogP contribution in [0, 0.1) is 18.8 Å². The van der Waals surface area contributed by atoms with E-state index in [-0.39, 0.29) is 12.5 Å². The lowest BCUT2D eigenvalue weighted by Gasteiger charge is -2.08. The molecule has 0 aliphatic rings. The van der Waals surface area contributed by atoms with Crippen LogP contribution in [0.15, 0.2) is 36.7 Å². The maximum atomic E-state index is 11.9. The van der Waals surface area contributed by atoms with Gasteiger partial charge in [0.1, 0.15) is 6.54 Å². The number of carbonyl (C=O) groups is 1. The molecule has 0 aliphatic carbocycles. The maximum absolute atomic E-state index is 11.9. The van der Waals surface area contributed by atoms with Crippen LogP contribution in [0.2, 0.25) is 0 Å². The van der Waals surface area contributed by atoms with Crippen LogP contribution < -0.4 is 11.1 Å². The number of benzene rings is 1. The monoisotopic (exact) mass is 268 g/mol. The van der Waals surface area contributed by atoms with Gasteiger partial charge in [0.2, 0.25) is 5.91 Å². The van der Waals surface area contributed by atoms with E-state index in [0.717, 1.165) is 16.8 Å². The van der Waals surface area contributed by atoms with Crippen LogP contribution in [-0.2, 0) is 11.3 Å². The second-order valence-corrected chi connectivity index (χ2v) is 4.29. The van der Waals surface area contributed by atoms with Crippen molar-refractivity contribution < 1.29 is 4.79 Å². The Labute approximate surface area is 117 Å². The minimum absolute atomic E-state index is 0.113. The van der Waals surface area contributed by atoms with E-state index in [9.17, 15) is 4.79 Å². The average Bonchev–Trinajstić information content (AvgIpc) is 2.92. The van der Waals surface area contributed by atoms with Gasteiger partial charge in [0.15, 0.2) is 0 Å². The van der Waals surface area contributed by atoms with E-state index in [2.05, 4.69) is 22.3 Å². The van der Waals surface area contributed by atoms with E-state index < -0.39 is 0 Å². The summed E-state index contributed by atoms with van der Waals surface area (Å²) in [6.45, 7) is 2.46. The number of aromatic nitrogens is 2. The van der Waals surface area contributed by atoms with E-state index in [1.807, 2.05) is 25.1 Å². The van der Waals surface area contributed by atoms with Gasteiger partial charge in [0.25, 0.3) is 0 Å². The lowest BCUT2D eigenvalue weighted by Crippen LogP contribution is -2.19. The standard InChI is InChI=1S/C15H16N4O/c1-12-10-13(4-2-7-16)5-6-14(12)18-15(20)11-19-9-3-8-17-19/h3,5-6,8-10H,7,11,16H2,1H3,(H,18,20). The molecular formula is C15H16N4O. The summed E-state index contributed by atoms with van der Waals surface area (Å²) >= 11 is 0. The quantitative estimate of drug-likeness (QED) is 0.820. The molecule has 1 heterocycles. The molecule has 0 unspecified atom stereocenters. The Morgan fingerprint density at radius 2 is 2.35 bits per heavy atom. The summed E-state index contributed by atoms with van der Waals surface area (Å²) < 4.78 is 1.58. The highest BCUT2D eigenvalue weighted by atomic mass is 16.2. The van der Waals surface area contributed by atoms with E-state index >= 15 is 0 Å². The van der Waals surface area contributed by atoms with E-state index in [0.29, 0.717) is 6.54 Å². The maximum Gasteiger partial charge on any atom is 0.246 e. The first-order valence-electron chi connectivity index (χ1n) is 6.26. The Morgan fingerprint density at radius 3 is 3.00 bits per heavy atom. The van der Waals surface area contributed by atoms with Crippen LogP contribution in [-0.4, -0.2) is 22.2 Å². The van der Waals surface area contributed by atoms with Crippen LogP contribution >= 0.6 is 0 Å². The van der Waals surface area contributed by atoms with Crippen LogP contribution in [0.4, 0.5) is 5.69 Å². The molecule has 20 heavy (non-hydrogen) atoms. The lowest BCUT2D eigenvalue weighted by atomic mass is 10.1. The van der Waals surface area contributed by atoms with E-state index in [4.69, 9.17) is 5.73 Å². The number of nitrogens with zero attached hydrogens (tertiary/aromatic N) is 2. The fraction of sp³-hybridized carbons (Fsp3) is 0.200. The Hall–Kier alpha value is -2.58. The van der Waals surface area contributed by atoms with Gasteiger partial charge < -0.3 is 11.1 Å². The van der Waals surface area contributed by atoms with Gasteiger partial charge in [0, 0.05) is 23.6 Å². The molecule has 0 saturated carbocycles. The zero-order valence-corrected chi connectivity index (χ0v) is 11.3. The summed E-state index contributed by atoms with van der Waals surface area (Å²) in [6, 6.07) is 7.41. The second kappa shape index (κ2) is 6.55. The van der Waals surface area contributed by atoms with Gasteiger partial charge >= 0.3 is 0 Å². The molecule has 0 radical (unpaired) electrons. The minimum atomic E-state index is -0.113. The molecule has 0 bridgehead atoms. The Balaban J connectivity index is 2.04. The average molecular weight is 268 g/mol. The number of anilines is 1. The topological polar surface area (TPSA) is 72.9 Å². The molecular weight excluding hydrogens is 252 g/mol. The SMILES string of the molecule is Cc1cc(C#CCN)ccc1NC(=O)Cn1cccn1. The second-order valence-electron chi connectivity index (χ2n) is 4.29. The Kier molecular flexibility index (Phi) is 4.53. The van der Waals surface area contributed by atoms with Gasteiger partial charge in [-0.3, -0.25) is 9.48 Å². The molecule has 0 spiro atoms. The molecule has 1 amide bonds. The number of amides is 1. The van der Waals surface area contributed by atoms with Crippen molar-refractivity contribution in [3.63, 3.8) is 0 Å². The summed E-state index contributed by atoms with van der Waals surface area (Å²) in [5, 5.41) is 6.85. The first kappa shape index (κ1) is 13.8. The van der Waals surface area contributed by atoms with Crippen LogP contribution in [0.25, 0.3) is 0 Å². The predicted octanol–water partition coefficient (Wildman–Crippen LogP) is 1.14. The van der Waals surface area contributed by atoms with Crippen molar-refractivity contribution in [3.05, 3.63) is 47.8 Å². The summed E-state index contributed by atoms with van der Waals surface area (Å²) in [7, 11) is 0. The van der Waals surface area contributed by atoms with E-state index in [1.165, 1.54) is 0 Å². The summed E-state index contributed by atoms with van der Waals surface area (Å²) in [5.74, 6) is 5.65. The Morgan fingerprint density at radius 1 is 1.50 bits per heavy atom. The highest BCUT2D eigenvalue weighted by molar-refractivity contribution is 5.91. The zero-order valence-electron chi connectivity index (χ0n) is 11.3. The van der Waals surface area contributed by atoms with Crippen LogP contribution in [0.1, 0.15) is 11.1 Å². The molecule has 0 saturated heterocycles. The molecule has 102 valence electrons. The molecule has 2 aromatic rings. The normalized spacial score (nSPS) is 9.70. The van der Waals surface area contributed by atoms with Crippen molar-refractivity contribution in [3.8, 4) is 11.8 Å². The first-order valence-corrected chi connectivity index (χ1v) is 6.26. The minimum Gasteiger partial charge on any atom is -0.324 e. The number of rotatable bonds is 3. The lowest BCUT2D eigenvalue weighted by molar-refractivity contribution is -0.116. The largest absolute Gasteiger partial charge is 0.324 e. The third kappa shape index (κ3) is 3.70. The van der Waals surface area contributed by atoms with Crippen molar-refractivity contribution in [1.82, 2.24) is 9.78 Å². The molecule has 0 aliphatic heterocycles. The third-order valence-corrected chi connectivity index (χ3v) is 2.70. The highest BCUT2D eigenvalue weighted by Crippen LogP contribution is 2.16. The van der Waals surface area contributed by atoms with Crippen molar-refractivity contribution in [1.29, 1.82) is 0 Å². The number of nitrogens with two attached hydrogens (primary N) is 1. The molecule has 1 aromatic heterocycles. The molecule has 0 atom stereocenters. The van der Waals surface area contributed by atoms with Gasteiger partial charge in [-0.1, -0.05) is 11.8 Å². The first-order chi connectivity index (χ1) is 9.69.